The Morgan fingerprint density at radius 3 is 2.94 bits per heavy atom. The van der Waals surface area contributed by atoms with Gasteiger partial charge < -0.3 is 15.7 Å². The Balaban J connectivity index is 2.41. The Morgan fingerprint density at radius 2 is 2.28 bits per heavy atom. The highest BCUT2D eigenvalue weighted by molar-refractivity contribution is 5.98. The van der Waals surface area contributed by atoms with Crippen molar-refractivity contribution >= 4 is 17.7 Å². The van der Waals surface area contributed by atoms with Crippen LogP contribution in [0.25, 0.3) is 0 Å². The van der Waals surface area contributed by atoms with Gasteiger partial charge in [-0.15, -0.1) is 0 Å². The van der Waals surface area contributed by atoms with Crippen LogP contribution in [-0.4, -0.2) is 28.5 Å². The molecule has 6 heteroatoms. The summed E-state index contributed by atoms with van der Waals surface area (Å²) in [4.78, 5) is 27.6. The van der Waals surface area contributed by atoms with Gasteiger partial charge >= 0.3 is 5.97 Å². The molecular weight excluding hydrogens is 234 g/mol. The molecule has 0 unspecified atom stereocenters. The largest absolute Gasteiger partial charge is 0.478 e. The molecule has 1 aliphatic rings. The second-order valence-electron chi connectivity index (χ2n) is 3.58. The highest BCUT2D eigenvalue weighted by Gasteiger charge is 2.18. The summed E-state index contributed by atoms with van der Waals surface area (Å²) in [6.07, 6.45) is 7.26. The van der Waals surface area contributed by atoms with Crippen LogP contribution in [0.3, 0.4) is 0 Å². The van der Waals surface area contributed by atoms with Crippen molar-refractivity contribution in [1.82, 2.24) is 4.98 Å². The van der Waals surface area contributed by atoms with Crippen molar-refractivity contribution in [2.24, 2.45) is 5.73 Å². The monoisotopic (exact) mass is 244 g/mol. The number of nitrogens with two attached hydrogens (primary N) is 1. The van der Waals surface area contributed by atoms with Gasteiger partial charge in [0.2, 0.25) is 0 Å². The molecule has 3 N–H and O–H groups in total. The molecular formula is C12H10N3O3. The number of carboxylic acids is 1. The minimum atomic E-state index is -1.09. The number of hydrogen-bond donors (Lipinski definition) is 2. The van der Waals surface area contributed by atoms with Crippen molar-refractivity contribution in [3.8, 4) is 0 Å². The smallest absolute Gasteiger partial charge is 0.337 e. The summed E-state index contributed by atoms with van der Waals surface area (Å²) in [6.45, 7) is 0.383. The standard InChI is InChI=1S/C12H10N3O3/c13-10(16)9-4-1-5-14-11(9)15-6-2-3-8(7-15)12(17)18/h1-5H,6H2,(H2,13,16)(H,17,18). The van der Waals surface area contributed by atoms with Gasteiger partial charge in [-0.25, -0.2) is 9.78 Å². The molecule has 0 saturated heterocycles. The molecule has 1 aromatic rings. The van der Waals surface area contributed by atoms with Crippen molar-refractivity contribution in [2.45, 2.75) is 0 Å². The molecule has 6 nitrogen and oxygen atoms in total. The molecule has 0 saturated carbocycles. The summed E-state index contributed by atoms with van der Waals surface area (Å²) in [5.74, 6) is -1.41. The molecule has 1 aliphatic heterocycles. The van der Waals surface area contributed by atoms with Crippen molar-refractivity contribution in [2.75, 3.05) is 11.4 Å². The second kappa shape index (κ2) is 4.70. The summed E-state index contributed by atoms with van der Waals surface area (Å²) < 4.78 is 0. The van der Waals surface area contributed by atoms with Crippen LogP contribution in [0.2, 0.25) is 0 Å². The number of hydrogen-bond acceptors (Lipinski definition) is 4. The number of carbonyl (C=O) groups is 2. The first-order chi connectivity index (χ1) is 8.59. The first-order valence-corrected chi connectivity index (χ1v) is 5.15. The van der Waals surface area contributed by atoms with Crippen LogP contribution in [-0.2, 0) is 4.79 Å². The average molecular weight is 244 g/mol. The van der Waals surface area contributed by atoms with Crippen LogP contribution in [0.1, 0.15) is 10.4 Å². The third kappa shape index (κ3) is 2.22. The van der Waals surface area contributed by atoms with Gasteiger partial charge in [-0.1, -0.05) is 6.08 Å². The van der Waals surface area contributed by atoms with E-state index in [1.165, 1.54) is 23.2 Å². The number of carboxylic acid groups (broad SMARTS) is 1. The Kier molecular flexibility index (Phi) is 3.09. The van der Waals surface area contributed by atoms with Gasteiger partial charge in [-0.3, -0.25) is 4.79 Å². The van der Waals surface area contributed by atoms with E-state index in [9.17, 15) is 9.59 Å². The normalized spacial score (nSPS) is 14.2. The summed E-state index contributed by atoms with van der Waals surface area (Å²) in [5.41, 5.74) is 5.47. The molecule has 0 spiro atoms. The fourth-order valence-corrected chi connectivity index (χ4v) is 1.57. The summed E-state index contributed by atoms with van der Waals surface area (Å²) in [6, 6.07) is 3.12. The van der Waals surface area contributed by atoms with Crippen LogP contribution in [0.4, 0.5) is 5.82 Å². The number of aromatic nitrogens is 1. The Labute approximate surface area is 103 Å². The van der Waals surface area contributed by atoms with Gasteiger partial charge in [0, 0.05) is 12.7 Å². The molecule has 0 bridgehead atoms. The molecule has 1 aromatic heterocycles. The maximum Gasteiger partial charge on any atom is 0.337 e. The van der Waals surface area contributed by atoms with E-state index in [1.807, 2.05) is 0 Å². The van der Waals surface area contributed by atoms with Crippen LogP contribution in [0.15, 0.2) is 36.1 Å². The SMILES string of the molecule is NC(=O)c1cccnc1N1[C]=C(C(=O)O)C=CC1. The molecule has 1 amide bonds. The number of aliphatic carboxylic acids is 1. The van der Waals surface area contributed by atoms with E-state index < -0.39 is 11.9 Å². The lowest BCUT2D eigenvalue weighted by Crippen LogP contribution is -2.26. The van der Waals surface area contributed by atoms with Crippen molar-refractivity contribution in [3.05, 3.63) is 47.8 Å². The first-order valence-electron chi connectivity index (χ1n) is 5.15. The topological polar surface area (TPSA) is 96.5 Å². The van der Waals surface area contributed by atoms with E-state index in [0.29, 0.717) is 12.4 Å². The Hall–Kier alpha value is -2.63. The van der Waals surface area contributed by atoms with Gasteiger partial charge in [-0.05, 0) is 18.2 Å². The molecule has 18 heavy (non-hydrogen) atoms. The number of primary amides is 1. The summed E-state index contributed by atoms with van der Waals surface area (Å²) in [7, 11) is 0. The first kappa shape index (κ1) is 11.8. The van der Waals surface area contributed by atoms with Crippen molar-refractivity contribution in [3.63, 3.8) is 0 Å². The quantitative estimate of drug-likeness (QED) is 0.798. The zero-order chi connectivity index (χ0) is 13.1. The number of pyridine rings is 1. The summed E-state index contributed by atoms with van der Waals surface area (Å²) in [5, 5.41) is 8.89. The van der Waals surface area contributed by atoms with E-state index in [2.05, 4.69) is 11.2 Å². The maximum absolute atomic E-state index is 11.3. The van der Waals surface area contributed by atoms with Crippen molar-refractivity contribution in [1.29, 1.82) is 0 Å². The zero-order valence-electron chi connectivity index (χ0n) is 9.33. The van der Waals surface area contributed by atoms with E-state index >= 15 is 0 Å². The van der Waals surface area contributed by atoms with E-state index in [1.54, 1.807) is 12.1 Å². The lowest BCUT2D eigenvalue weighted by atomic mass is 10.1. The van der Waals surface area contributed by atoms with Crippen LogP contribution >= 0.6 is 0 Å². The number of anilines is 1. The zero-order valence-corrected chi connectivity index (χ0v) is 9.33. The number of nitrogens with zero attached hydrogens (tertiary/aromatic N) is 2. The molecule has 91 valence electrons. The highest BCUT2D eigenvalue weighted by Crippen LogP contribution is 2.19. The lowest BCUT2D eigenvalue weighted by Gasteiger charge is -2.21. The number of carbonyl (C=O) groups excluding carboxylic acids is 1. The third-order valence-corrected chi connectivity index (χ3v) is 2.37. The predicted molar refractivity (Wildman–Crippen MR) is 63.6 cm³/mol. The molecule has 2 heterocycles. The minimum Gasteiger partial charge on any atom is -0.478 e. The maximum atomic E-state index is 11.3. The highest BCUT2D eigenvalue weighted by atomic mass is 16.4. The van der Waals surface area contributed by atoms with E-state index in [0.717, 1.165) is 0 Å². The van der Waals surface area contributed by atoms with Gasteiger partial charge in [-0.2, -0.15) is 0 Å². The second-order valence-corrected chi connectivity index (χ2v) is 3.58. The molecule has 1 radical (unpaired) electrons. The van der Waals surface area contributed by atoms with Gasteiger partial charge in [0.25, 0.3) is 5.91 Å². The fraction of sp³-hybridized carbons (Fsp3) is 0.0833. The molecule has 2 rings (SSSR count). The van der Waals surface area contributed by atoms with Gasteiger partial charge in [0.05, 0.1) is 17.3 Å². The lowest BCUT2D eigenvalue weighted by molar-refractivity contribution is -0.132. The van der Waals surface area contributed by atoms with E-state index in [-0.39, 0.29) is 11.1 Å². The average Bonchev–Trinajstić information content (AvgIpc) is 2.39. The van der Waals surface area contributed by atoms with Crippen LogP contribution in [0.5, 0.6) is 0 Å². The third-order valence-electron chi connectivity index (χ3n) is 2.37. The van der Waals surface area contributed by atoms with Crippen LogP contribution in [0, 0.1) is 6.20 Å². The van der Waals surface area contributed by atoms with Crippen molar-refractivity contribution < 1.29 is 14.7 Å². The number of rotatable bonds is 3. The molecule has 0 atom stereocenters. The Bertz CT molecular complexity index is 563. The fourth-order valence-electron chi connectivity index (χ4n) is 1.57. The van der Waals surface area contributed by atoms with Gasteiger partial charge in [0.15, 0.2) is 0 Å². The molecule has 0 fully saturated rings. The predicted octanol–water partition coefficient (Wildman–Crippen LogP) is 0.328. The van der Waals surface area contributed by atoms with Gasteiger partial charge in [0.1, 0.15) is 5.82 Å². The number of amides is 1. The summed E-state index contributed by atoms with van der Waals surface area (Å²) >= 11 is 0. The van der Waals surface area contributed by atoms with E-state index in [4.69, 9.17) is 10.8 Å². The molecule has 0 aliphatic carbocycles. The minimum absolute atomic E-state index is 0.00215. The van der Waals surface area contributed by atoms with Crippen LogP contribution < -0.4 is 10.6 Å². The molecule has 0 aromatic carbocycles. The Morgan fingerprint density at radius 1 is 1.50 bits per heavy atom.